The van der Waals surface area contributed by atoms with Crippen molar-refractivity contribution < 1.29 is 15.0 Å². The second kappa shape index (κ2) is 8.67. The summed E-state index contributed by atoms with van der Waals surface area (Å²) in [5.41, 5.74) is -0.165. The maximum atomic E-state index is 12.4. The molecule has 0 radical (unpaired) electrons. The minimum Gasteiger partial charge on any atom is -0.389 e. The highest BCUT2D eigenvalue weighted by molar-refractivity contribution is 7.16. The molecule has 1 aliphatic carbocycles. The molecular formula is C21H23ClN6O3S. The van der Waals surface area contributed by atoms with E-state index in [2.05, 4.69) is 37.4 Å². The molecular weight excluding hydrogens is 452 g/mol. The normalized spacial score (nSPS) is 24.9. The third-order valence-corrected chi connectivity index (χ3v) is 6.89. The molecule has 1 saturated carbocycles. The largest absolute Gasteiger partial charge is 0.389 e. The Morgan fingerprint density at radius 3 is 2.81 bits per heavy atom. The fourth-order valence-corrected chi connectivity index (χ4v) is 4.94. The van der Waals surface area contributed by atoms with E-state index in [1.165, 1.54) is 18.4 Å². The van der Waals surface area contributed by atoms with E-state index in [4.69, 9.17) is 11.6 Å². The molecule has 168 valence electrons. The predicted molar refractivity (Wildman–Crippen MR) is 123 cm³/mol. The van der Waals surface area contributed by atoms with Crippen molar-refractivity contribution >= 4 is 45.8 Å². The second-order valence-electron chi connectivity index (χ2n) is 7.81. The quantitative estimate of drug-likeness (QED) is 0.425. The third kappa shape index (κ3) is 3.82. The summed E-state index contributed by atoms with van der Waals surface area (Å²) < 4.78 is 2.33. The zero-order chi connectivity index (χ0) is 23.0. The highest BCUT2D eigenvalue weighted by atomic mass is 35.5. The Balaban J connectivity index is 1.79. The Labute approximate surface area is 193 Å². The van der Waals surface area contributed by atoms with Crippen LogP contribution in [0.4, 0.5) is 5.82 Å². The molecule has 0 aromatic carbocycles. The van der Waals surface area contributed by atoms with Crippen molar-refractivity contribution in [3.63, 3.8) is 0 Å². The lowest BCUT2D eigenvalue weighted by molar-refractivity contribution is -0.136. The fourth-order valence-electron chi connectivity index (χ4n) is 4.04. The van der Waals surface area contributed by atoms with Crippen molar-refractivity contribution in [1.82, 2.24) is 24.8 Å². The number of imidazole rings is 1. The number of thiophene rings is 1. The molecule has 3 aromatic rings. The number of fused-ring (bicyclic) bond motifs is 1. The van der Waals surface area contributed by atoms with Crippen LogP contribution in [-0.2, 0) is 4.79 Å². The third-order valence-electron chi connectivity index (χ3n) is 5.74. The smallest absolute Gasteiger partial charge is 0.228 e. The molecule has 3 aromatic heterocycles. The molecule has 4 atom stereocenters. The van der Waals surface area contributed by atoms with E-state index in [0.29, 0.717) is 27.9 Å². The SMILES string of the molecule is CCNc1nc(C#Cc2ccc(Cl)s2)nc2c1ncn2[C@@H]1C[C@](C)(C(=O)NC)C(O)C1O. The van der Waals surface area contributed by atoms with E-state index < -0.39 is 23.7 Å². The van der Waals surface area contributed by atoms with Crippen molar-refractivity contribution in [3.05, 3.63) is 33.5 Å². The number of carbonyl (C=O) groups is 1. The number of nitrogens with zero attached hydrogens (tertiary/aromatic N) is 4. The van der Waals surface area contributed by atoms with Gasteiger partial charge in [-0.1, -0.05) is 11.6 Å². The first kappa shape index (κ1) is 22.5. The van der Waals surface area contributed by atoms with Crippen LogP contribution in [0.2, 0.25) is 4.34 Å². The molecule has 2 unspecified atom stereocenters. The van der Waals surface area contributed by atoms with Gasteiger partial charge in [-0.15, -0.1) is 11.3 Å². The first-order valence-electron chi connectivity index (χ1n) is 10.1. The summed E-state index contributed by atoms with van der Waals surface area (Å²) in [6.45, 7) is 4.20. The van der Waals surface area contributed by atoms with Crippen molar-refractivity contribution in [3.8, 4) is 11.8 Å². The summed E-state index contributed by atoms with van der Waals surface area (Å²) in [4.78, 5) is 26.7. The molecule has 0 bridgehead atoms. The zero-order valence-corrected chi connectivity index (χ0v) is 19.3. The summed E-state index contributed by atoms with van der Waals surface area (Å²) in [6, 6.07) is 3.00. The average molecular weight is 475 g/mol. The van der Waals surface area contributed by atoms with Gasteiger partial charge in [-0.25, -0.2) is 15.0 Å². The number of nitrogens with one attached hydrogen (secondary N) is 2. The molecule has 1 aliphatic rings. The summed E-state index contributed by atoms with van der Waals surface area (Å²) >= 11 is 7.33. The number of hydrogen-bond acceptors (Lipinski definition) is 8. The van der Waals surface area contributed by atoms with Gasteiger partial charge in [0.15, 0.2) is 17.0 Å². The van der Waals surface area contributed by atoms with E-state index in [9.17, 15) is 15.0 Å². The Morgan fingerprint density at radius 2 is 2.16 bits per heavy atom. The van der Waals surface area contributed by atoms with E-state index >= 15 is 0 Å². The summed E-state index contributed by atoms with van der Waals surface area (Å²) in [5, 5.41) is 27.2. The van der Waals surface area contributed by atoms with E-state index in [1.54, 1.807) is 23.9 Å². The Kier molecular flexibility index (Phi) is 6.09. The Morgan fingerprint density at radius 1 is 1.38 bits per heavy atom. The van der Waals surface area contributed by atoms with Gasteiger partial charge in [-0.05, 0) is 44.2 Å². The van der Waals surface area contributed by atoms with Crippen molar-refractivity contribution in [2.75, 3.05) is 18.9 Å². The van der Waals surface area contributed by atoms with Crippen LogP contribution in [0.1, 0.15) is 37.0 Å². The Hall–Kier alpha value is -2.71. The standard InChI is InChI=1S/C21H23ClN6O3S/c1-4-24-18-15-19(27-14(26-18)8-6-11-5-7-13(22)32-11)28(10-25-15)12-9-21(2,20(31)23-3)17(30)16(12)29/h5,7,10,12,16-17,29-30H,4,9H2,1-3H3,(H,23,31)(H,24,26,27)/t12-,16?,17?,21+/m1/s1. The minimum absolute atomic E-state index is 0.218. The van der Waals surface area contributed by atoms with Gasteiger partial charge in [0.2, 0.25) is 11.7 Å². The fraction of sp³-hybridized carbons (Fsp3) is 0.429. The number of anilines is 1. The van der Waals surface area contributed by atoms with Gasteiger partial charge in [-0.3, -0.25) is 4.79 Å². The summed E-state index contributed by atoms with van der Waals surface area (Å²) in [5.74, 6) is 6.43. The highest BCUT2D eigenvalue weighted by Crippen LogP contribution is 2.45. The van der Waals surface area contributed by atoms with Crippen LogP contribution >= 0.6 is 22.9 Å². The lowest BCUT2D eigenvalue weighted by Gasteiger charge is -2.26. The maximum Gasteiger partial charge on any atom is 0.228 e. The zero-order valence-electron chi connectivity index (χ0n) is 17.8. The monoisotopic (exact) mass is 474 g/mol. The van der Waals surface area contributed by atoms with E-state index in [-0.39, 0.29) is 18.2 Å². The summed E-state index contributed by atoms with van der Waals surface area (Å²) in [6.07, 6.45) is -0.639. The lowest BCUT2D eigenvalue weighted by atomic mass is 9.85. The predicted octanol–water partition coefficient (Wildman–Crippen LogP) is 1.79. The van der Waals surface area contributed by atoms with Gasteiger partial charge < -0.3 is 25.4 Å². The van der Waals surface area contributed by atoms with Crippen LogP contribution in [0.5, 0.6) is 0 Å². The van der Waals surface area contributed by atoms with Crippen molar-refractivity contribution in [1.29, 1.82) is 0 Å². The first-order valence-corrected chi connectivity index (χ1v) is 11.3. The van der Waals surface area contributed by atoms with Crippen molar-refractivity contribution in [2.24, 2.45) is 5.41 Å². The number of aliphatic hydroxyl groups is 2. The van der Waals surface area contributed by atoms with E-state index in [0.717, 1.165) is 4.88 Å². The maximum absolute atomic E-state index is 12.4. The van der Waals surface area contributed by atoms with Gasteiger partial charge in [-0.2, -0.15) is 0 Å². The molecule has 4 rings (SSSR count). The minimum atomic E-state index is -1.23. The number of aliphatic hydroxyl groups excluding tert-OH is 2. The summed E-state index contributed by atoms with van der Waals surface area (Å²) in [7, 11) is 1.51. The molecule has 3 heterocycles. The molecule has 11 heteroatoms. The molecule has 0 saturated heterocycles. The lowest BCUT2D eigenvalue weighted by Crippen LogP contribution is -2.45. The number of aromatic nitrogens is 4. The molecule has 1 amide bonds. The van der Waals surface area contributed by atoms with Gasteiger partial charge >= 0.3 is 0 Å². The van der Waals surface area contributed by atoms with Gasteiger partial charge in [0.25, 0.3) is 0 Å². The second-order valence-corrected chi connectivity index (χ2v) is 9.52. The number of carbonyl (C=O) groups excluding carboxylic acids is 1. The van der Waals surface area contributed by atoms with Crippen LogP contribution in [0.25, 0.3) is 11.2 Å². The van der Waals surface area contributed by atoms with Crippen LogP contribution in [-0.4, -0.2) is 61.4 Å². The molecule has 4 N–H and O–H groups in total. The van der Waals surface area contributed by atoms with Crippen LogP contribution in [0.15, 0.2) is 18.5 Å². The Bertz CT molecular complexity index is 1230. The molecule has 0 aliphatic heterocycles. The van der Waals surface area contributed by atoms with E-state index in [1.807, 2.05) is 13.0 Å². The number of amides is 1. The van der Waals surface area contributed by atoms with Gasteiger partial charge in [0.05, 0.1) is 33.1 Å². The molecule has 32 heavy (non-hydrogen) atoms. The molecule has 0 spiro atoms. The molecule has 1 fully saturated rings. The first-order chi connectivity index (χ1) is 15.3. The van der Waals surface area contributed by atoms with Crippen molar-refractivity contribution in [2.45, 2.75) is 38.5 Å². The topological polar surface area (TPSA) is 125 Å². The van der Waals surface area contributed by atoms with Crippen LogP contribution in [0.3, 0.4) is 0 Å². The number of hydrogen-bond donors (Lipinski definition) is 4. The number of halogens is 1. The molecule has 9 nitrogen and oxygen atoms in total. The average Bonchev–Trinajstić information content (AvgIpc) is 3.45. The van der Waals surface area contributed by atoms with Crippen LogP contribution < -0.4 is 10.6 Å². The van der Waals surface area contributed by atoms with Gasteiger partial charge in [0, 0.05) is 13.6 Å². The van der Waals surface area contributed by atoms with Crippen LogP contribution in [0, 0.1) is 17.3 Å². The highest BCUT2D eigenvalue weighted by Gasteiger charge is 2.54. The van der Waals surface area contributed by atoms with Gasteiger partial charge in [0.1, 0.15) is 6.10 Å². The number of rotatable bonds is 4.